The SMILES string of the molecule is COc1ccc(C(=O)NC(C)c2nnc(SCc3ccccc3)n2-c2ccc(Cl)cc2Cl)c(OC)c1. The van der Waals surface area contributed by atoms with Crippen LogP contribution >= 0.6 is 35.0 Å². The number of ether oxygens (including phenoxy) is 2. The largest absolute Gasteiger partial charge is 0.497 e. The van der Waals surface area contributed by atoms with Gasteiger partial charge in [0, 0.05) is 16.8 Å². The number of halogens is 2. The van der Waals surface area contributed by atoms with Crippen LogP contribution in [0.3, 0.4) is 0 Å². The minimum Gasteiger partial charge on any atom is -0.497 e. The molecule has 0 fully saturated rings. The van der Waals surface area contributed by atoms with Gasteiger partial charge in [-0.3, -0.25) is 9.36 Å². The van der Waals surface area contributed by atoms with Gasteiger partial charge in [-0.25, -0.2) is 0 Å². The number of carbonyl (C=O) groups excluding carboxylic acids is 1. The first kappa shape index (κ1) is 25.9. The first-order valence-corrected chi connectivity index (χ1v) is 12.8. The highest BCUT2D eigenvalue weighted by molar-refractivity contribution is 7.98. The van der Waals surface area contributed by atoms with Crippen LogP contribution in [0.5, 0.6) is 11.5 Å². The van der Waals surface area contributed by atoms with Gasteiger partial charge in [0.15, 0.2) is 11.0 Å². The average Bonchev–Trinajstić information content (AvgIpc) is 3.31. The quantitative estimate of drug-likeness (QED) is 0.247. The second-order valence-corrected chi connectivity index (χ2v) is 9.59. The van der Waals surface area contributed by atoms with E-state index in [0.717, 1.165) is 5.56 Å². The number of rotatable bonds is 9. The van der Waals surface area contributed by atoms with E-state index in [0.29, 0.717) is 49.5 Å². The smallest absolute Gasteiger partial charge is 0.255 e. The van der Waals surface area contributed by atoms with Crippen LogP contribution in [0, 0.1) is 0 Å². The van der Waals surface area contributed by atoms with Gasteiger partial charge in [0.2, 0.25) is 0 Å². The van der Waals surface area contributed by atoms with Crippen molar-refractivity contribution in [3.8, 4) is 17.2 Å². The Morgan fingerprint density at radius 1 is 1.03 bits per heavy atom. The molecule has 0 aliphatic rings. The van der Waals surface area contributed by atoms with Crippen molar-refractivity contribution in [3.05, 3.63) is 93.7 Å². The fourth-order valence-corrected chi connectivity index (χ4v) is 4.99. The maximum absolute atomic E-state index is 13.1. The number of aromatic nitrogens is 3. The predicted octanol–water partition coefficient (Wildman–Crippen LogP) is 6.37. The molecule has 36 heavy (non-hydrogen) atoms. The molecule has 0 aliphatic carbocycles. The lowest BCUT2D eigenvalue weighted by atomic mass is 10.1. The molecule has 0 saturated heterocycles. The third kappa shape index (κ3) is 5.78. The third-order valence-corrected chi connectivity index (χ3v) is 6.95. The number of hydrogen-bond acceptors (Lipinski definition) is 6. The molecule has 7 nitrogen and oxygen atoms in total. The summed E-state index contributed by atoms with van der Waals surface area (Å²) in [6.45, 7) is 1.84. The topological polar surface area (TPSA) is 78.3 Å². The van der Waals surface area contributed by atoms with Gasteiger partial charge in [-0.2, -0.15) is 0 Å². The zero-order chi connectivity index (χ0) is 25.7. The van der Waals surface area contributed by atoms with E-state index in [2.05, 4.69) is 27.6 Å². The zero-order valence-corrected chi connectivity index (χ0v) is 22.2. The summed E-state index contributed by atoms with van der Waals surface area (Å²) >= 11 is 14.2. The van der Waals surface area contributed by atoms with Gasteiger partial charge in [-0.15, -0.1) is 10.2 Å². The normalized spacial score (nSPS) is 11.7. The summed E-state index contributed by atoms with van der Waals surface area (Å²) in [5.41, 5.74) is 2.19. The summed E-state index contributed by atoms with van der Waals surface area (Å²) in [6.07, 6.45) is 0. The first-order valence-electron chi connectivity index (χ1n) is 11.0. The van der Waals surface area contributed by atoms with Crippen molar-refractivity contribution in [2.45, 2.75) is 23.9 Å². The van der Waals surface area contributed by atoms with Gasteiger partial charge in [-0.05, 0) is 42.8 Å². The first-order chi connectivity index (χ1) is 17.4. The van der Waals surface area contributed by atoms with E-state index in [1.807, 2.05) is 35.8 Å². The Hall–Kier alpha value is -3.20. The van der Waals surface area contributed by atoms with Crippen LogP contribution < -0.4 is 14.8 Å². The molecule has 1 heterocycles. The summed E-state index contributed by atoms with van der Waals surface area (Å²) in [7, 11) is 3.06. The lowest BCUT2D eigenvalue weighted by Gasteiger charge is -2.18. The van der Waals surface area contributed by atoms with Crippen LogP contribution in [-0.2, 0) is 5.75 Å². The lowest BCUT2D eigenvalue weighted by molar-refractivity contribution is 0.0935. The van der Waals surface area contributed by atoms with Crippen molar-refractivity contribution < 1.29 is 14.3 Å². The van der Waals surface area contributed by atoms with E-state index in [1.54, 1.807) is 37.4 Å². The Labute approximate surface area is 223 Å². The van der Waals surface area contributed by atoms with Crippen molar-refractivity contribution in [2.24, 2.45) is 0 Å². The Bertz CT molecular complexity index is 1360. The van der Waals surface area contributed by atoms with Crippen molar-refractivity contribution in [2.75, 3.05) is 14.2 Å². The van der Waals surface area contributed by atoms with Gasteiger partial charge in [-0.1, -0.05) is 65.3 Å². The third-order valence-electron chi connectivity index (χ3n) is 5.41. The minimum atomic E-state index is -0.505. The number of hydrogen-bond donors (Lipinski definition) is 1. The van der Waals surface area contributed by atoms with Gasteiger partial charge in [0.25, 0.3) is 5.91 Å². The van der Waals surface area contributed by atoms with Crippen LogP contribution in [0.15, 0.2) is 71.9 Å². The van der Waals surface area contributed by atoms with Crippen molar-refractivity contribution in [1.82, 2.24) is 20.1 Å². The number of nitrogens with one attached hydrogen (secondary N) is 1. The summed E-state index contributed by atoms with van der Waals surface area (Å²) in [4.78, 5) is 13.1. The number of benzene rings is 3. The number of methoxy groups -OCH3 is 2. The summed E-state index contributed by atoms with van der Waals surface area (Å²) in [5.74, 6) is 1.88. The average molecular weight is 543 g/mol. The van der Waals surface area contributed by atoms with Crippen molar-refractivity contribution in [1.29, 1.82) is 0 Å². The van der Waals surface area contributed by atoms with Crippen LogP contribution in [0.25, 0.3) is 5.69 Å². The molecule has 1 N–H and O–H groups in total. The molecule has 0 bridgehead atoms. The highest BCUT2D eigenvalue weighted by Gasteiger charge is 2.24. The number of thioether (sulfide) groups is 1. The Kier molecular flexibility index (Phi) is 8.40. The second kappa shape index (κ2) is 11.7. The van der Waals surface area contributed by atoms with Crippen molar-refractivity contribution in [3.63, 3.8) is 0 Å². The fourth-order valence-electron chi connectivity index (χ4n) is 3.59. The van der Waals surface area contributed by atoms with Gasteiger partial charge >= 0.3 is 0 Å². The molecular weight excluding hydrogens is 519 g/mol. The summed E-state index contributed by atoms with van der Waals surface area (Å²) < 4.78 is 12.5. The maximum atomic E-state index is 13.1. The second-order valence-electron chi connectivity index (χ2n) is 7.81. The molecule has 10 heteroatoms. The minimum absolute atomic E-state index is 0.322. The van der Waals surface area contributed by atoms with Crippen LogP contribution in [0.2, 0.25) is 10.0 Å². The van der Waals surface area contributed by atoms with Gasteiger partial charge in [0.05, 0.1) is 36.5 Å². The standard InChI is InChI=1S/C26H24Cl2N4O3S/c1-16(29-25(33)20-11-10-19(34-2)14-23(20)35-3)24-30-31-26(36-15-17-7-5-4-6-8-17)32(24)22-12-9-18(27)13-21(22)28/h4-14,16H,15H2,1-3H3,(H,29,33). The Morgan fingerprint density at radius 3 is 2.50 bits per heavy atom. The lowest BCUT2D eigenvalue weighted by Crippen LogP contribution is -2.29. The molecule has 1 aromatic heterocycles. The molecule has 0 spiro atoms. The van der Waals surface area contributed by atoms with Gasteiger partial charge in [0.1, 0.15) is 11.5 Å². The van der Waals surface area contributed by atoms with E-state index < -0.39 is 6.04 Å². The molecule has 0 saturated carbocycles. The molecule has 186 valence electrons. The summed E-state index contributed by atoms with van der Waals surface area (Å²) in [5, 5.41) is 13.4. The predicted molar refractivity (Wildman–Crippen MR) is 143 cm³/mol. The number of nitrogens with zero attached hydrogens (tertiary/aromatic N) is 3. The molecule has 3 aromatic carbocycles. The van der Waals surface area contributed by atoms with E-state index in [-0.39, 0.29) is 5.91 Å². The van der Waals surface area contributed by atoms with E-state index in [9.17, 15) is 4.79 Å². The van der Waals surface area contributed by atoms with Crippen LogP contribution in [-0.4, -0.2) is 34.9 Å². The van der Waals surface area contributed by atoms with Crippen molar-refractivity contribution >= 4 is 40.9 Å². The molecule has 4 aromatic rings. The summed E-state index contributed by atoms with van der Waals surface area (Å²) in [6, 6.07) is 19.8. The number of amides is 1. The molecule has 1 amide bonds. The van der Waals surface area contributed by atoms with E-state index >= 15 is 0 Å². The maximum Gasteiger partial charge on any atom is 0.255 e. The highest BCUT2D eigenvalue weighted by atomic mass is 35.5. The molecular formula is C26H24Cl2N4O3S. The molecule has 0 radical (unpaired) electrons. The Balaban J connectivity index is 1.66. The fraction of sp³-hybridized carbons (Fsp3) is 0.192. The zero-order valence-electron chi connectivity index (χ0n) is 19.9. The molecule has 0 aliphatic heterocycles. The van der Waals surface area contributed by atoms with E-state index in [1.165, 1.54) is 18.9 Å². The van der Waals surface area contributed by atoms with Crippen LogP contribution in [0.1, 0.15) is 34.7 Å². The molecule has 4 rings (SSSR count). The highest BCUT2D eigenvalue weighted by Crippen LogP contribution is 2.33. The number of carbonyl (C=O) groups is 1. The van der Waals surface area contributed by atoms with Gasteiger partial charge < -0.3 is 14.8 Å². The monoisotopic (exact) mass is 542 g/mol. The molecule has 1 atom stereocenters. The van der Waals surface area contributed by atoms with Crippen LogP contribution in [0.4, 0.5) is 0 Å². The molecule has 1 unspecified atom stereocenters. The van der Waals surface area contributed by atoms with E-state index in [4.69, 9.17) is 32.7 Å². The Morgan fingerprint density at radius 2 is 1.81 bits per heavy atom.